The number of benzene rings is 1. The van der Waals surface area contributed by atoms with Crippen molar-refractivity contribution in [1.29, 1.82) is 0 Å². The molecule has 0 aromatic heterocycles. The molecule has 1 amide bonds. The average molecular weight is 511 g/mol. The predicted octanol–water partition coefficient (Wildman–Crippen LogP) is 3.49. The Morgan fingerprint density at radius 2 is 1.96 bits per heavy atom. The second-order valence-electron chi connectivity index (χ2n) is 5.37. The molecule has 0 aliphatic carbocycles. The number of carbonyl (C=O) groups is 1. The number of unbranched alkanes of at least 4 members (excludes halogenated alkanes) is 1. The Hall–Kier alpha value is -0.830. The van der Waals surface area contributed by atoms with E-state index in [-0.39, 0.29) is 29.9 Å². The third kappa shape index (κ3) is 8.86. The van der Waals surface area contributed by atoms with Gasteiger partial charge in [0.05, 0.1) is 0 Å². The van der Waals surface area contributed by atoms with Gasteiger partial charge in [0, 0.05) is 43.8 Å². The lowest BCUT2D eigenvalue weighted by Gasteiger charge is -2.21. The van der Waals surface area contributed by atoms with E-state index in [4.69, 9.17) is 0 Å². The van der Waals surface area contributed by atoms with E-state index in [0.717, 1.165) is 36.4 Å². The molecule has 0 spiro atoms. The molecule has 0 aliphatic rings. The van der Waals surface area contributed by atoms with Gasteiger partial charge >= 0.3 is 0 Å². The molecular weight excluding hydrogens is 483 g/mol. The van der Waals surface area contributed by atoms with E-state index in [1.54, 1.807) is 7.05 Å². The van der Waals surface area contributed by atoms with Gasteiger partial charge in [-0.05, 0) is 31.0 Å². The zero-order valence-corrected chi connectivity index (χ0v) is 18.6. The highest BCUT2D eigenvalue weighted by molar-refractivity contribution is 14.0. The minimum Gasteiger partial charge on any atom is -0.356 e. The predicted molar refractivity (Wildman–Crippen MR) is 115 cm³/mol. The van der Waals surface area contributed by atoms with Crippen molar-refractivity contribution in [2.75, 3.05) is 33.7 Å². The normalized spacial score (nSPS) is 10.8. The Morgan fingerprint density at radius 3 is 2.58 bits per heavy atom. The summed E-state index contributed by atoms with van der Waals surface area (Å²) in [5.74, 6) is 0.854. The summed E-state index contributed by atoms with van der Waals surface area (Å²) < 4.78 is 0.908. The summed E-state index contributed by atoms with van der Waals surface area (Å²) >= 11 is 3.37. The van der Waals surface area contributed by atoms with Crippen LogP contribution in [0.2, 0.25) is 0 Å². The van der Waals surface area contributed by atoms with E-state index in [2.05, 4.69) is 43.4 Å². The number of halogens is 2. The molecule has 0 bridgehead atoms. The maximum atomic E-state index is 12.0. The summed E-state index contributed by atoms with van der Waals surface area (Å²) in [6, 6.07) is 7.39. The number of rotatable bonds is 8. The molecule has 0 saturated carbocycles. The maximum Gasteiger partial charge on any atom is 0.251 e. The van der Waals surface area contributed by atoms with Crippen LogP contribution in [0.5, 0.6) is 0 Å². The van der Waals surface area contributed by atoms with Gasteiger partial charge in [0.15, 0.2) is 5.96 Å². The highest BCUT2D eigenvalue weighted by atomic mass is 127. The number of guanidine groups is 1. The lowest BCUT2D eigenvalue weighted by molar-refractivity contribution is 0.0953. The zero-order valence-electron chi connectivity index (χ0n) is 14.6. The van der Waals surface area contributed by atoms with Crippen molar-refractivity contribution in [2.45, 2.75) is 26.2 Å². The molecule has 136 valence electrons. The topological polar surface area (TPSA) is 56.7 Å². The van der Waals surface area contributed by atoms with E-state index in [9.17, 15) is 4.79 Å². The first-order valence-electron chi connectivity index (χ1n) is 8.04. The highest BCUT2D eigenvalue weighted by Gasteiger charge is 2.06. The fourth-order valence-corrected chi connectivity index (χ4v) is 2.51. The Kier molecular flexibility index (Phi) is 13.0. The zero-order chi connectivity index (χ0) is 17.1. The Bertz CT molecular complexity index is 525. The molecule has 2 N–H and O–H groups in total. The third-order valence-electron chi connectivity index (χ3n) is 3.43. The molecule has 7 heteroatoms. The minimum atomic E-state index is -0.0456. The summed E-state index contributed by atoms with van der Waals surface area (Å²) in [5.41, 5.74) is 0.669. The highest BCUT2D eigenvalue weighted by Crippen LogP contribution is 2.11. The van der Waals surface area contributed by atoms with Crippen LogP contribution in [0.4, 0.5) is 0 Å². The lowest BCUT2D eigenvalue weighted by Crippen LogP contribution is -2.40. The maximum absolute atomic E-state index is 12.0. The molecule has 0 atom stereocenters. The van der Waals surface area contributed by atoms with E-state index >= 15 is 0 Å². The standard InChI is InChI=1S/C17H27BrN4O.HI/c1-4-5-12-22(3)17(19-2)21-11-7-10-20-16(23)14-8-6-9-15(18)13-14;/h6,8-9,13H,4-5,7,10-12H2,1-3H3,(H,19,21)(H,20,23);1H. The van der Waals surface area contributed by atoms with Crippen LogP contribution in [0.15, 0.2) is 33.7 Å². The number of hydrogen-bond donors (Lipinski definition) is 2. The van der Waals surface area contributed by atoms with Crippen LogP contribution in [-0.2, 0) is 0 Å². The van der Waals surface area contributed by atoms with Gasteiger partial charge in [-0.3, -0.25) is 9.79 Å². The monoisotopic (exact) mass is 510 g/mol. The molecule has 0 radical (unpaired) electrons. The fraction of sp³-hybridized carbons (Fsp3) is 0.529. The summed E-state index contributed by atoms with van der Waals surface area (Å²) in [6.07, 6.45) is 3.17. The van der Waals surface area contributed by atoms with Crippen molar-refractivity contribution in [3.8, 4) is 0 Å². The third-order valence-corrected chi connectivity index (χ3v) is 3.92. The van der Waals surface area contributed by atoms with Crippen LogP contribution in [0.1, 0.15) is 36.5 Å². The van der Waals surface area contributed by atoms with E-state index < -0.39 is 0 Å². The number of hydrogen-bond acceptors (Lipinski definition) is 2. The summed E-state index contributed by atoms with van der Waals surface area (Å²) in [6.45, 7) is 4.59. The van der Waals surface area contributed by atoms with Crippen LogP contribution in [0, 0.1) is 0 Å². The Labute approximate surface area is 170 Å². The number of aliphatic imine (C=N–C) groups is 1. The van der Waals surface area contributed by atoms with Gasteiger partial charge in [0.1, 0.15) is 0 Å². The number of nitrogens with zero attached hydrogens (tertiary/aromatic N) is 2. The van der Waals surface area contributed by atoms with Gasteiger partial charge in [-0.25, -0.2) is 0 Å². The van der Waals surface area contributed by atoms with E-state index in [1.165, 1.54) is 6.42 Å². The van der Waals surface area contributed by atoms with Crippen LogP contribution in [0.3, 0.4) is 0 Å². The van der Waals surface area contributed by atoms with Gasteiger partial charge in [0.2, 0.25) is 0 Å². The van der Waals surface area contributed by atoms with E-state index in [0.29, 0.717) is 12.1 Å². The summed E-state index contributed by atoms with van der Waals surface area (Å²) in [7, 11) is 3.83. The molecule has 0 saturated heterocycles. The summed E-state index contributed by atoms with van der Waals surface area (Å²) in [5, 5.41) is 6.25. The first-order valence-corrected chi connectivity index (χ1v) is 8.83. The molecule has 0 unspecified atom stereocenters. The van der Waals surface area contributed by atoms with Gasteiger partial charge in [0.25, 0.3) is 5.91 Å². The second-order valence-corrected chi connectivity index (χ2v) is 6.28. The van der Waals surface area contributed by atoms with Gasteiger partial charge < -0.3 is 15.5 Å². The number of carbonyl (C=O) groups excluding carboxylic acids is 1. The Balaban J connectivity index is 0.00000529. The first kappa shape index (κ1) is 23.2. The van der Waals surface area contributed by atoms with Crippen molar-refractivity contribution in [3.05, 3.63) is 34.3 Å². The lowest BCUT2D eigenvalue weighted by atomic mass is 10.2. The SMILES string of the molecule is CCCCN(C)C(=NC)NCCCNC(=O)c1cccc(Br)c1.I. The van der Waals surface area contributed by atoms with Crippen LogP contribution >= 0.6 is 39.9 Å². The van der Waals surface area contributed by atoms with Crippen molar-refractivity contribution in [2.24, 2.45) is 4.99 Å². The molecule has 5 nitrogen and oxygen atoms in total. The second kappa shape index (κ2) is 13.5. The molecule has 0 heterocycles. The molecule has 0 fully saturated rings. The van der Waals surface area contributed by atoms with Crippen molar-refractivity contribution >= 4 is 51.8 Å². The smallest absolute Gasteiger partial charge is 0.251 e. The molecule has 1 rings (SSSR count). The minimum absolute atomic E-state index is 0. The molecular formula is C17H28BrIN4O. The number of nitrogens with one attached hydrogen (secondary N) is 2. The fourth-order valence-electron chi connectivity index (χ4n) is 2.11. The van der Waals surface area contributed by atoms with Gasteiger partial charge in [-0.1, -0.05) is 35.3 Å². The summed E-state index contributed by atoms with van der Waals surface area (Å²) in [4.78, 5) is 18.4. The van der Waals surface area contributed by atoms with E-state index in [1.807, 2.05) is 31.3 Å². The van der Waals surface area contributed by atoms with Gasteiger partial charge in [-0.2, -0.15) is 0 Å². The number of amides is 1. The molecule has 24 heavy (non-hydrogen) atoms. The quantitative estimate of drug-likeness (QED) is 0.243. The molecule has 0 aliphatic heterocycles. The van der Waals surface area contributed by atoms with Crippen LogP contribution in [-0.4, -0.2) is 50.5 Å². The van der Waals surface area contributed by atoms with Crippen molar-refractivity contribution in [1.82, 2.24) is 15.5 Å². The van der Waals surface area contributed by atoms with Crippen molar-refractivity contribution in [3.63, 3.8) is 0 Å². The van der Waals surface area contributed by atoms with Crippen molar-refractivity contribution < 1.29 is 4.79 Å². The average Bonchev–Trinajstić information content (AvgIpc) is 2.55. The molecule has 1 aromatic rings. The largest absolute Gasteiger partial charge is 0.356 e. The Morgan fingerprint density at radius 1 is 1.25 bits per heavy atom. The van der Waals surface area contributed by atoms with Crippen LogP contribution in [0.25, 0.3) is 0 Å². The molecule has 1 aromatic carbocycles. The van der Waals surface area contributed by atoms with Gasteiger partial charge in [-0.15, -0.1) is 24.0 Å². The van der Waals surface area contributed by atoms with Crippen LogP contribution < -0.4 is 10.6 Å². The first-order chi connectivity index (χ1) is 11.1.